The molecule has 0 atom stereocenters. The summed E-state index contributed by atoms with van der Waals surface area (Å²) in [4.78, 5) is 39.8. The van der Waals surface area contributed by atoms with Crippen molar-refractivity contribution in [2.24, 2.45) is 0 Å². The minimum absolute atomic E-state index is 0.0543. The Bertz CT molecular complexity index is 1120. The van der Waals surface area contributed by atoms with Crippen molar-refractivity contribution in [2.45, 2.75) is 33.2 Å². The Morgan fingerprint density at radius 2 is 1.63 bits per heavy atom. The van der Waals surface area contributed by atoms with E-state index < -0.39 is 11.7 Å². The summed E-state index contributed by atoms with van der Waals surface area (Å²) in [7, 11) is 0. The standard InChI is InChI=1S/C24H25N3O3/c1-16-11-17(2)13-18(12-16)25-22(28)15-27-14-20(19-7-3-4-8-21(19)27)23(29)24(30)26-9-5-6-10-26/h3-4,7-8,11-14H,5-6,9-10,15H2,1-2H3,(H,25,28). The van der Waals surface area contributed by atoms with Crippen LogP contribution < -0.4 is 5.32 Å². The SMILES string of the molecule is Cc1cc(C)cc(NC(=O)Cn2cc(C(=O)C(=O)N3CCCC3)c3ccccc32)c1. The molecule has 1 N–H and O–H groups in total. The minimum Gasteiger partial charge on any atom is -0.337 e. The number of nitrogens with zero attached hydrogens (tertiary/aromatic N) is 2. The average molecular weight is 403 g/mol. The molecule has 30 heavy (non-hydrogen) atoms. The fraction of sp³-hybridized carbons (Fsp3) is 0.292. The van der Waals surface area contributed by atoms with Gasteiger partial charge in [0.1, 0.15) is 6.54 Å². The topological polar surface area (TPSA) is 71.4 Å². The highest BCUT2D eigenvalue weighted by Gasteiger charge is 2.28. The van der Waals surface area contributed by atoms with Gasteiger partial charge in [-0.05, 0) is 56.0 Å². The second kappa shape index (κ2) is 8.14. The van der Waals surface area contributed by atoms with E-state index in [1.807, 2.05) is 56.3 Å². The number of hydrogen-bond donors (Lipinski definition) is 1. The number of carbonyl (C=O) groups is 3. The van der Waals surface area contributed by atoms with Crippen LogP contribution in [0.2, 0.25) is 0 Å². The van der Waals surface area contributed by atoms with Gasteiger partial charge >= 0.3 is 0 Å². The second-order valence-electron chi connectivity index (χ2n) is 7.94. The molecule has 6 heteroatoms. The first-order valence-corrected chi connectivity index (χ1v) is 10.2. The zero-order valence-electron chi connectivity index (χ0n) is 17.3. The Balaban J connectivity index is 1.59. The number of likely N-dealkylation sites (tertiary alicyclic amines) is 1. The summed E-state index contributed by atoms with van der Waals surface area (Å²) in [6.45, 7) is 5.27. The van der Waals surface area contributed by atoms with E-state index in [1.165, 1.54) is 0 Å². The Hall–Kier alpha value is -3.41. The fourth-order valence-electron chi connectivity index (χ4n) is 4.14. The number of para-hydroxylation sites is 1. The van der Waals surface area contributed by atoms with Crippen LogP contribution in [0.15, 0.2) is 48.7 Å². The van der Waals surface area contributed by atoms with Gasteiger partial charge in [-0.2, -0.15) is 0 Å². The number of benzene rings is 2. The van der Waals surface area contributed by atoms with Crippen molar-refractivity contribution in [3.05, 3.63) is 65.4 Å². The molecule has 1 aliphatic rings. The lowest BCUT2D eigenvalue weighted by molar-refractivity contribution is -0.125. The van der Waals surface area contributed by atoms with Crippen LogP contribution in [0, 0.1) is 13.8 Å². The van der Waals surface area contributed by atoms with Crippen molar-refractivity contribution in [1.82, 2.24) is 9.47 Å². The fourth-order valence-corrected chi connectivity index (χ4v) is 4.14. The van der Waals surface area contributed by atoms with E-state index >= 15 is 0 Å². The lowest BCUT2D eigenvalue weighted by Crippen LogP contribution is -2.34. The lowest BCUT2D eigenvalue weighted by atomic mass is 10.1. The van der Waals surface area contributed by atoms with Crippen LogP contribution in [0.4, 0.5) is 5.69 Å². The van der Waals surface area contributed by atoms with Crippen molar-refractivity contribution in [3.8, 4) is 0 Å². The summed E-state index contributed by atoms with van der Waals surface area (Å²) in [5.41, 5.74) is 4.00. The van der Waals surface area contributed by atoms with Crippen molar-refractivity contribution in [1.29, 1.82) is 0 Å². The third-order valence-corrected chi connectivity index (χ3v) is 5.44. The molecule has 0 bridgehead atoms. The van der Waals surface area contributed by atoms with Gasteiger partial charge in [-0.3, -0.25) is 14.4 Å². The number of Topliss-reactive ketones (excluding diaryl/α,β-unsaturated/α-hetero) is 1. The molecule has 0 unspecified atom stereocenters. The number of ketones is 1. The predicted octanol–water partition coefficient (Wildman–Crippen LogP) is 3.70. The Kier molecular flexibility index (Phi) is 5.40. The molecule has 2 amide bonds. The summed E-state index contributed by atoms with van der Waals surface area (Å²) in [6.07, 6.45) is 3.49. The summed E-state index contributed by atoms with van der Waals surface area (Å²) < 4.78 is 1.73. The molecule has 1 saturated heterocycles. The van der Waals surface area contributed by atoms with Crippen molar-refractivity contribution in [2.75, 3.05) is 18.4 Å². The molecule has 6 nitrogen and oxygen atoms in total. The number of rotatable bonds is 5. The van der Waals surface area contributed by atoms with Gasteiger partial charge in [-0.1, -0.05) is 24.3 Å². The van der Waals surface area contributed by atoms with Gasteiger partial charge in [-0.25, -0.2) is 0 Å². The molecule has 0 aliphatic carbocycles. The molecule has 0 radical (unpaired) electrons. The van der Waals surface area contributed by atoms with Crippen LogP contribution in [-0.2, 0) is 16.1 Å². The number of hydrogen-bond acceptors (Lipinski definition) is 3. The Morgan fingerprint density at radius 3 is 2.33 bits per heavy atom. The minimum atomic E-state index is -0.512. The monoisotopic (exact) mass is 403 g/mol. The second-order valence-corrected chi connectivity index (χ2v) is 7.94. The number of aromatic nitrogens is 1. The van der Waals surface area contributed by atoms with Crippen molar-refractivity contribution in [3.63, 3.8) is 0 Å². The maximum Gasteiger partial charge on any atom is 0.295 e. The zero-order valence-corrected chi connectivity index (χ0v) is 17.3. The van der Waals surface area contributed by atoms with E-state index in [2.05, 4.69) is 5.32 Å². The van der Waals surface area contributed by atoms with Crippen molar-refractivity contribution < 1.29 is 14.4 Å². The van der Waals surface area contributed by atoms with Crippen LogP contribution in [-0.4, -0.2) is 40.2 Å². The van der Waals surface area contributed by atoms with Gasteiger partial charge < -0.3 is 14.8 Å². The van der Waals surface area contributed by atoms with E-state index in [-0.39, 0.29) is 12.5 Å². The Labute approximate surface area is 175 Å². The maximum absolute atomic E-state index is 12.9. The highest BCUT2D eigenvalue weighted by atomic mass is 16.2. The zero-order chi connectivity index (χ0) is 21.3. The number of amides is 2. The van der Waals surface area contributed by atoms with E-state index in [1.54, 1.807) is 15.7 Å². The lowest BCUT2D eigenvalue weighted by Gasteiger charge is -2.13. The summed E-state index contributed by atoms with van der Waals surface area (Å²) in [6, 6.07) is 13.3. The number of fused-ring (bicyclic) bond motifs is 1. The molecule has 3 aromatic rings. The number of anilines is 1. The maximum atomic E-state index is 12.9. The smallest absolute Gasteiger partial charge is 0.295 e. The van der Waals surface area contributed by atoms with Gasteiger partial charge in [-0.15, -0.1) is 0 Å². The molecular weight excluding hydrogens is 378 g/mol. The first kappa shape index (κ1) is 19.9. The van der Waals surface area contributed by atoms with Gasteiger partial charge in [0.15, 0.2) is 0 Å². The molecule has 154 valence electrons. The summed E-state index contributed by atoms with van der Waals surface area (Å²) >= 11 is 0. The molecule has 0 saturated carbocycles. The average Bonchev–Trinajstić information content (AvgIpc) is 3.35. The molecule has 0 spiro atoms. The van der Waals surface area contributed by atoms with Crippen molar-refractivity contribution >= 4 is 34.2 Å². The van der Waals surface area contributed by atoms with Crippen LogP contribution in [0.1, 0.15) is 34.3 Å². The molecule has 4 rings (SSSR count). The molecule has 2 aromatic carbocycles. The molecule has 1 aromatic heterocycles. The first-order valence-electron chi connectivity index (χ1n) is 10.2. The molecule has 1 fully saturated rings. The quantitative estimate of drug-likeness (QED) is 0.522. The third-order valence-electron chi connectivity index (χ3n) is 5.44. The Morgan fingerprint density at radius 1 is 0.967 bits per heavy atom. The summed E-state index contributed by atoms with van der Waals surface area (Å²) in [5, 5.41) is 3.61. The van der Waals surface area contributed by atoms with Crippen LogP contribution >= 0.6 is 0 Å². The van der Waals surface area contributed by atoms with Gasteiger partial charge in [0, 0.05) is 35.9 Å². The largest absolute Gasteiger partial charge is 0.337 e. The van der Waals surface area contributed by atoms with Gasteiger partial charge in [0.2, 0.25) is 5.91 Å². The van der Waals surface area contributed by atoms with E-state index in [9.17, 15) is 14.4 Å². The van der Waals surface area contributed by atoms with E-state index in [0.717, 1.165) is 35.2 Å². The molecule has 2 heterocycles. The van der Waals surface area contributed by atoms with Crippen LogP contribution in [0.5, 0.6) is 0 Å². The molecule has 1 aliphatic heterocycles. The predicted molar refractivity (Wildman–Crippen MR) is 117 cm³/mol. The molecular formula is C24H25N3O3. The number of aryl methyl sites for hydroxylation is 2. The van der Waals surface area contributed by atoms with Gasteiger partial charge in [0.05, 0.1) is 5.56 Å². The highest BCUT2D eigenvalue weighted by molar-refractivity contribution is 6.44. The highest BCUT2D eigenvalue weighted by Crippen LogP contribution is 2.23. The van der Waals surface area contributed by atoms with Crippen LogP contribution in [0.25, 0.3) is 10.9 Å². The number of nitrogens with one attached hydrogen (secondary N) is 1. The first-order chi connectivity index (χ1) is 14.4. The normalized spacial score (nSPS) is 13.6. The van der Waals surface area contributed by atoms with Crippen LogP contribution in [0.3, 0.4) is 0 Å². The summed E-state index contributed by atoms with van der Waals surface area (Å²) in [5.74, 6) is -1.16. The number of carbonyl (C=O) groups excluding carboxylic acids is 3. The van der Waals surface area contributed by atoms with Gasteiger partial charge in [0.25, 0.3) is 11.7 Å². The van der Waals surface area contributed by atoms with E-state index in [0.29, 0.717) is 24.0 Å². The third kappa shape index (κ3) is 3.99. The van der Waals surface area contributed by atoms with E-state index in [4.69, 9.17) is 0 Å².